The quantitative estimate of drug-likeness (QED) is 0.481. The number of methoxy groups -OCH3 is 1. The van der Waals surface area contributed by atoms with Crippen molar-refractivity contribution in [3.8, 4) is 17.0 Å². The van der Waals surface area contributed by atoms with Crippen LogP contribution in [-0.4, -0.2) is 87.1 Å². The highest BCUT2D eigenvalue weighted by Gasteiger charge is 2.43. The van der Waals surface area contributed by atoms with Gasteiger partial charge in [0.15, 0.2) is 5.65 Å². The maximum absolute atomic E-state index is 12.7. The first-order chi connectivity index (χ1) is 19.6. The first-order valence-electron chi connectivity index (χ1n) is 14.1. The lowest BCUT2D eigenvalue weighted by Gasteiger charge is -2.26. The van der Waals surface area contributed by atoms with E-state index in [2.05, 4.69) is 9.88 Å². The third-order valence-corrected chi connectivity index (χ3v) is 8.00. The highest BCUT2D eigenvalue weighted by Crippen LogP contribution is 2.37. The first kappa shape index (κ1) is 27.3. The molecule has 3 unspecified atom stereocenters. The van der Waals surface area contributed by atoms with Crippen molar-refractivity contribution in [2.45, 2.75) is 51.9 Å². The van der Waals surface area contributed by atoms with Crippen LogP contribution in [0.4, 0.5) is 10.7 Å². The van der Waals surface area contributed by atoms with Gasteiger partial charge < -0.3 is 29.1 Å². The zero-order valence-corrected chi connectivity index (χ0v) is 23.9. The average molecular weight is 565 g/mol. The van der Waals surface area contributed by atoms with Gasteiger partial charge in [0.2, 0.25) is 5.95 Å². The highest BCUT2D eigenvalue weighted by molar-refractivity contribution is 5.95. The van der Waals surface area contributed by atoms with Crippen LogP contribution in [0, 0.1) is 11.8 Å². The summed E-state index contributed by atoms with van der Waals surface area (Å²) in [5, 5.41) is 9.80. The van der Waals surface area contributed by atoms with Crippen molar-refractivity contribution in [3.05, 3.63) is 30.1 Å². The summed E-state index contributed by atoms with van der Waals surface area (Å²) in [7, 11) is 1.45. The summed E-state index contributed by atoms with van der Waals surface area (Å²) in [4.78, 5) is 43.2. The second kappa shape index (κ2) is 10.5. The van der Waals surface area contributed by atoms with Gasteiger partial charge in [0.1, 0.15) is 34.4 Å². The summed E-state index contributed by atoms with van der Waals surface area (Å²) in [5.41, 5.74) is 1.91. The van der Waals surface area contributed by atoms with E-state index in [1.165, 1.54) is 7.11 Å². The molecule has 12 heteroatoms. The van der Waals surface area contributed by atoms with Gasteiger partial charge >= 0.3 is 12.1 Å². The van der Waals surface area contributed by atoms with Crippen LogP contribution in [0.2, 0.25) is 0 Å². The van der Waals surface area contributed by atoms with Crippen LogP contribution in [0.1, 0.15) is 56.6 Å². The fourth-order valence-electron chi connectivity index (χ4n) is 6.06. The number of benzene rings is 1. The molecule has 0 spiro atoms. The van der Waals surface area contributed by atoms with E-state index in [1.807, 2.05) is 25.3 Å². The van der Waals surface area contributed by atoms with E-state index < -0.39 is 11.6 Å². The summed E-state index contributed by atoms with van der Waals surface area (Å²) in [6, 6.07) is 5.00. The number of aromatic carboxylic acids is 1. The van der Waals surface area contributed by atoms with Gasteiger partial charge in [0, 0.05) is 50.2 Å². The molecule has 218 valence electrons. The minimum absolute atomic E-state index is 0.0475. The number of hydrogen-bond donors (Lipinski definition) is 1. The van der Waals surface area contributed by atoms with E-state index in [0.29, 0.717) is 61.2 Å². The summed E-state index contributed by atoms with van der Waals surface area (Å²) < 4.78 is 18.9. The van der Waals surface area contributed by atoms with Gasteiger partial charge in [0.05, 0.1) is 13.4 Å². The molecule has 12 nitrogen and oxygen atoms in total. The average Bonchev–Trinajstić information content (AvgIpc) is 3.65. The molecule has 41 heavy (non-hydrogen) atoms. The number of fused-ring (bicyclic) bond motifs is 2. The molecule has 0 radical (unpaired) electrons. The second-order valence-corrected chi connectivity index (χ2v) is 12.0. The van der Waals surface area contributed by atoms with E-state index >= 15 is 0 Å². The number of amides is 1. The predicted octanol–water partition coefficient (Wildman–Crippen LogP) is 4.20. The van der Waals surface area contributed by atoms with Gasteiger partial charge in [-0.1, -0.05) is 0 Å². The second-order valence-electron chi connectivity index (χ2n) is 12.0. The third kappa shape index (κ3) is 5.28. The zero-order chi connectivity index (χ0) is 28.9. The van der Waals surface area contributed by atoms with E-state index in [1.54, 1.807) is 29.4 Å². The lowest BCUT2D eigenvalue weighted by molar-refractivity contribution is -0.0298. The molecule has 5 heterocycles. The van der Waals surface area contributed by atoms with Crippen LogP contribution in [0.25, 0.3) is 22.4 Å². The molecule has 1 aromatic carbocycles. The Kier molecular flexibility index (Phi) is 6.96. The smallest absolute Gasteiger partial charge is 0.410 e. The molecule has 3 aromatic rings. The van der Waals surface area contributed by atoms with Gasteiger partial charge in [-0.15, -0.1) is 0 Å². The van der Waals surface area contributed by atoms with E-state index in [-0.39, 0.29) is 35.5 Å². The van der Waals surface area contributed by atoms with E-state index in [4.69, 9.17) is 24.2 Å². The summed E-state index contributed by atoms with van der Waals surface area (Å²) in [6.45, 7) is 8.95. The van der Waals surface area contributed by atoms with Crippen molar-refractivity contribution < 1.29 is 28.9 Å². The molecule has 0 saturated carbocycles. The lowest BCUT2D eigenvalue weighted by Crippen LogP contribution is -2.37. The predicted molar refractivity (Wildman–Crippen MR) is 150 cm³/mol. The number of carbonyl (C=O) groups excluding carboxylic acids is 1. The number of aromatic nitrogens is 4. The fraction of sp³-hybridized carbons (Fsp3) is 0.552. The molecule has 3 atom stereocenters. The molecule has 3 aliphatic heterocycles. The number of likely N-dealkylation sites (tertiary alicyclic amines) is 1. The van der Waals surface area contributed by atoms with Gasteiger partial charge in [0.25, 0.3) is 0 Å². The van der Waals surface area contributed by atoms with E-state index in [0.717, 1.165) is 19.3 Å². The molecule has 1 N–H and O–H groups in total. The van der Waals surface area contributed by atoms with Crippen molar-refractivity contribution >= 4 is 29.2 Å². The first-order valence-corrected chi connectivity index (χ1v) is 14.1. The van der Waals surface area contributed by atoms with Crippen molar-refractivity contribution in [2.24, 2.45) is 11.8 Å². The zero-order valence-electron chi connectivity index (χ0n) is 23.9. The van der Waals surface area contributed by atoms with Crippen molar-refractivity contribution in [3.63, 3.8) is 0 Å². The van der Waals surface area contributed by atoms with Crippen LogP contribution in [-0.2, 0) is 9.47 Å². The highest BCUT2D eigenvalue weighted by atomic mass is 16.6. The molecule has 6 rings (SSSR count). The number of rotatable bonds is 5. The van der Waals surface area contributed by atoms with Crippen LogP contribution >= 0.6 is 0 Å². The minimum Gasteiger partial charge on any atom is -0.496 e. The van der Waals surface area contributed by atoms with E-state index in [9.17, 15) is 14.7 Å². The Morgan fingerprint density at radius 1 is 1.07 bits per heavy atom. The maximum atomic E-state index is 12.7. The van der Waals surface area contributed by atoms with Crippen LogP contribution in [0.5, 0.6) is 5.75 Å². The van der Waals surface area contributed by atoms with Crippen molar-refractivity contribution in [1.29, 1.82) is 0 Å². The number of anilines is 1. The molecular weight excluding hydrogens is 528 g/mol. The Labute approximate surface area is 238 Å². The molecule has 3 fully saturated rings. The molecule has 3 aliphatic rings. The molecule has 0 bridgehead atoms. The van der Waals surface area contributed by atoms with Crippen LogP contribution in [0.3, 0.4) is 0 Å². The number of ether oxygens (including phenoxy) is 3. The maximum Gasteiger partial charge on any atom is 0.410 e. The Balaban J connectivity index is 1.35. The van der Waals surface area contributed by atoms with Gasteiger partial charge in [-0.25, -0.2) is 19.6 Å². The van der Waals surface area contributed by atoms with Crippen LogP contribution in [0.15, 0.2) is 24.5 Å². The number of carboxylic acid groups (broad SMARTS) is 1. The Morgan fingerprint density at radius 3 is 2.46 bits per heavy atom. The molecule has 1 amide bonds. The number of hydrogen-bond acceptors (Lipinski definition) is 9. The van der Waals surface area contributed by atoms with Gasteiger partial charge in [-0.3, -0.25) is 4.57 Å². The lowest BCUT2D eigenvalue weighted by atomic mass is 10.0. The standard InChI is InChI=1S/C29H36N6O6/c1-29(2,3)41-28(38)34-14-18-12-33(13-19(18)15-34)27-31-23(17-8-9-21(39-4)20(11-17)26(36)37)24-25(32-27)35(16-30-24)22-7-5-6-10-40-22/h8-9,11,16,18-19,22H,5-7,10,12-15H2,1-4H3,(H,36,37). The number of carbonyl (C=O) groups is 2. The summed E-state index contributed by atoms with van der Waals surface area (Å²) >= 11 is 0. The largest absolute Gasteiger partial charge is 0.496 e. The van der Waals surface area contributed by atoms with Crippen molar-refractivity contribution in [2.75, 3.05) is 44.8 Å². The fourth-order valence-corrected chi connectivity index (χ4v) is 6.06. The van der Waals surface area contributed by atoms with Crippen molar-refractivity contribution in [1.82, 2.24) is 24.4 Å². The van der Waals surface area contributed by atoms with Gasteiger partial charge in [-0.2, -0.15) is 4.98 Å². The SMILES string of the molecule is COc1ccc(-c2nc(N3CC4CN(C(=O)OC(C)(C)C)CC4C3)nc3c2ncn3C2CCCCO2)cc1C(=O)O. The number of nitrogens with zero attached hydrogens (tertiary/aromatic N) is 6. The van der Waals surface area contributed by atoms with Crippen LogP contribution < -0.4 is 9.64 Å². The molecule has 0 aliphatic carbocycles. The monoisotopic (exact) mass is 564 g/mol. The molecule has 2 aromatic heterocycles. The molecular formula is C29H36N6O6. The third-order valence-electron chi connectivity index (χ3n) is 8.00. The normalized spacial score (nSPS) is 22.7. The Bertz CT molecular complexity index is 1460. The summed E-state index contributed by atoms with van der Waals surface area (Å²) in [6.07, 6.45) is 4.23. The minimum atomic E-state index is -1.09. The molecule has 3 saturated heterocycles. The number of imidazole rings is 1. The Hall–Kier alpha value is -3.93. The number of carboxylic acids is 1. The topological polar surface area (TPSA) is 132 Å². The van der Waals surface area contributed by atoms with Gasteiger partial charge in [-0.05, 0) is 58.2 Å². The Morgan fingerprint density at radius 2 is 1.83 bits per heavy atom. The summed E-state index contributed by atoms with van der Waals surface area (Å²) in [5.74, 6) is 0.288.